The third-order valence-electron chi connectivity index (χ3n) is 4.30. The maximum atomic E-state index is 5.42. The van der Waals surface area contributed by atoms with Crippen molar-refractivity contribution in [3.8, 4) is 11.5 Å². The largest absolute Gasteiger partial charge is 0.454 e. The number of aryl methyl sites for hydroxylation is 2. The molecule has 148 valence electrons. The van der Waals surface area contributed by atoms with Gasteiger partial charge in [0, 0.05) is 25.3 Å². The normalized spacial score (nSPS) is 12.6. The zero-order valence-corrected chi connectivity index (χ0v) is 18.2. The Bertz CT molecular complexity index is 747. The van der Waals surface area contributed by atoms with E-state index in [0.717, 1.165) is 62.0 Å². The van der Waals surface area contributed by atoms with Crippen LogP contribution in [0.5, 0.6) is 11.5 Å². The average Bonchev–Trinajstić information content (AvgIpc) is 3.27. The Kier molecular flexibility index (Phi) is 8.70. The molecule has 2 aromatic rings. The fraction of sp³-hybridized carbons (Fsp3) is 0.474. The number of aliphatic imine (C=N–C) groups is 1. The first-order valence-corrected chi connectivity index (χ1v) is 9.16. The molecule has 0 atom stereocenters. The number of halogens is 1. The number of aromatic amines is 1. The molecular formula is C19H28IN5O2. The van der Waals surface area contributed by atoms with Gasteiger partial charge in [0.15, 0.2) is 17.5 Å². The smallest absolute Gasteiger partial charge is 0.231 e. The number of hydrogen-bond donors (Lipinski definition) is 3. The molecule has 0 spiro atoms. The number of rotatable bonds is 8. The van der Waals surface area contributed by atoms with Crippen LogP contribution in [0.4, 0.5) is 0 Å². The Morgan fingerprint density at radius 1 is 1.22 bits per heavy atom. The summed E-state index contributed by atoms with van der Waals surface area (Å²) in [6.45, 7) is 6.87. The molecule has 1 aromatic carbocycles. The molecule has 0 amide bonds. The number of hydrogen-bond acceptors (Lipinski definition) is 4. The lowest BCUT2D eigenvalue weighted by Crippen LogP contribution is -2.38. The molecule has 7 nitrogen and oxygen atoms in total. The molecule has 3 N–H and O–H groups in total. The Balaban J connectivity index is 0.00000261. The van der Waals surface area contributed by atoms with Crippen LogP contribution in [-0.2, 0) is 12.8 Å². The van der Waals surface area contributed by atoms with Gasteiger partial charge < -0.3 is 20.1 Å². The van der Waals surface area contributed by atoms with Gasteiger partial charge in [0.25, 0.3) is 0 Å². The van der Waals surface area contributed by atoms with Gasteiger partial charge in [-0.15, -0.1) is 24.0 Å². The van der Waals surface area contributed by atoms with Crippen molar-refractivity contribution in [2.75, 3.05) is 26.4 Å². The fourth-order valence-electron chi connectivity index (χ4n) is 2.85. The summed E-state index contributed by atoms with van der Waals surface area (Å²) in [6, 6.07) is 6.09. The van der Waals surface area contributed by atoms with E-state index in [2.05, 4.69) is 38.8 Å². The molecule has 0 radical (unpaired) electrons. The van der Waals surface area contributed by atoms with Crippen molar-refractivity contribution in [3.63, 3.8) is 0 Å². The van der Waals surface area contributed by atoms with E-state index in [-0.39, 0.29) is 24.0 Å². The summed E-state index contributed by atoms with van der Waals surface area (Å²) in [6.07, 6.45) is 4.78. The predicted molar refractivity (Wildman–Crippen MR) is 117 cm³/mol. The first-order chi connectivity index (χ1) is 12.8. The van der Waals surface area contributed by atoms with E-state index in [9.17, 15) is 0 Å². The lowest BCUT2D eigenvalue weighted by molar-refractivity contribution is 0.174. The van der Waals surface area contributed by atoms with Crippen LogP contribution in [0, 0.1) is 6.92 Å². The third kappa shape index (κ3) is 6.30. The van der Waals surface area contributed by atoms with E-state index in [4.69, 9.17) is 9.47 Å². The highest BCUT2D eigenvalue weighted by atomic mass is 127. The van der Waals surface area contributed by atoms with Crippen molar-refractivity contribution in [3.05, 3.63) is 41.2 Å². The monoisotopic (exact) mass is 485 g/mol. The summed E-state index contributed by atoms with van der Waals surface area (Å²) in [7, 11) is 0. The highest BCUT2D eigenvalue weighted by Gasteiger charge is 2.12. The fourth-order valence-corrected chi connectivity index (χ4v) is 2.85. The molecule has 0 bridgehead atoms. The summed E-state index contributed by atoms with van der Waals surface area (Å²) in [4.78, 5) is 4.65. The van der Waals surface area contributed by atoms with Crippen molar-refractivity contribution < 1.29 is 9.47 Å². The minimum atomic E-state index is 0. The van der Waals surface area contributed by atoms with Crippen molar-refractivity contribution >= 4 is 29.9 Å². The van der Waals surface area contributed by atoms with E-state index in [1.165, 1.54) is 11.1 Å². The molecular weight excluding hydrogens is 457 g/mol. The van der Waals surface area contributed by atoms with Gasteiger partial charge in [0.2, 0.25) is 6.79 Å². The predicted octanol–water partition coefficient (Wildman–Crippen LogP) is 2.80. The van der Waals surface area contributed by atoms with Crippen molar-refractivity contribution in [2.45, 2.75) is 33.1 Å². The van der Waals surface area contributed by atoms with Crippen molar-refractivity contribution in [2.24, 2.45) is 4.99 Å². The molecule has 0 aliphatic carbocycles. The van der Waals surface area contributed by atoms with E-state index >= 15 is 0 Å². The SMILES string of the molecule is CCNC(=NCCCc1cn[nH]c1C)NCCc1ccc2c(c1)OCO2.I. The molecule has 0 unspecified atom stereocenters. The number of ether oxygens (including phenoxy) is 2. The molecule has 3 rings (SSSR count). The molecule has 1 aliphatic rings. The number of fused-ring (bicyclic) bond motifs is 1. The molecule has 1 aromatic heterocycles. The Morgan fingerprint density at radius 3 is 2.85 bits per heavy atom. The number of aromatic nitrogens is 2. The lowest BCUT2D eigenvalue weighted by Gasteiger charge is -2.11. The quantitative estimate of drug-likeness (QED) is 0.232. The van der Waals surface area contributed by atoms with E-state index < -0.39 is 0 Å². The van der Waals surface area contributed by atoms with Gasteiger partial charge in [0.05, 0.1) is 6.20 Å². The highest BCUT2D eigenvalue weighted by molar-refractivity contribution is 14.0. The summed E-state index contributed by atoms with van der Waals surface area (Å²) in [5.74, 6) is 2.51. The molecule has 0 saturated carbocycles. The molecule has 27 heavy (non-hydrogen) atoms. The van der Waals surface area contributed by atoms with Crippen LogP contribution < -0.4 is 20.1 Å². The first kappa shape index (κ1) is 21.3. The average molecular weight is 485 g/mol. The number of nitrogens with one attached hydrogen (secondary N) is 3. The molecule has 0 fully saturated rings. The van der Waals surface area contributed by atoms with Crippen LogP contribution in [0.2, 0.25) is 0 Å². The van der Waals surface area contributed by atoms with Gasteiger partial charge in [-0.25, -0.2) is 0 Å². The summed E-state index contributed by atoms with van der Waals surface area (Å²) in [5.41, 5.74) is 3.62. The molecule has 0 saturated heterocycles. The topological polar surface area (TPSA) is 83.6 Å². The summed E-state index contributed by atoms with van der Waals surface area (Å²) < 4.78 is 10.8. The molecule has 2 heterocycles. The zero-order valence-electron chi connectivity index (χ0n) is 15.9. The standard InChI is InChI=1S/C19H27N5O2.HI/c1-3-20-19(21-9-4-5-16-12-23-24-14(16)2)22-10-8-15-6-7-17-18(11-15)26-13-25-17;/h6-7,11-12H,3-5,8-10,13H2,1-2H3,(H,23,24)(H2,20,21,22);1H. The van der Waals surface area contributed by atoms with Crippen LogP contribution >= 0.6 is 24.0 Å². The maximum Gasteiger partial charge on any atom is 0.231 e. The second-order valence-corrected chi connectivity index (χ2v) is 6.25. The van der Waals surface area contributed by atoms with Crippen molar-refractivity contribution in [1.29, 1.82) is 0 Å². The van der Waals surface area contributed by atoms with Gasteiger partial charge in [-0.1, -0.05) is 6.07 Å². The second kappa shape index (κ2) is 11.0. The first-order valence-electron chi connectivity index (χ1n) is 9.16. The highest BCUT2D eigenvalue weighted by Crippen LogP contribution is 2.32. The second-order valence-electron chi connectivity index (χ2n) is 6.25. The number of nitrogens with zero attached hydrogens (tertiary/aromatic N) is 2. The summed E-state index contributed by atoms with van der Waals surface area (Å²) >= 11 is 0. The molecule has 1 aliphatic heterocycles. The van der Waals surface area contributed by atoms with Crippen LogP contribution in [0.3, 0.4) is 0 Å². The minimum absolute atomic E-state index is 0. The number of guanidine groups is 1. The Morgan fingerprint density at radius 2 is 2.07 bits per heavy atom. The maximum absolute atomic E-state index is 5.42. The van der Waals surface area contributed by atoms with Crippen LogP contribution in [0.15, 0.2) is 29.4 Å². The third-order valence-corrected chi connectivity index (χ3v) is 4.30. The van der Waals surface area contributed by atoms with E-state index in [1.54, 1.807) is 0 Å². The molecule has 8 heteroatoms. The number of benzene rings is 1. The van der Waals surface area contributed by atoms with Gasteiger partial charge in [0.1, 0.15) is 0 Å². The van der Waals surface area contributed by atoms with Crippen LogP contribution in [0.1, 0.15) is 30.2 Å². The van der Waals surface area contributed by atoms with E-state index in [0.29, 0.717) is 6.79 Å². The Labute approximate surface area is 177 Å². The van der Waals surface area contributed by atoms with Gasteiger partial charge in [-0.05, 0) is 56.4 Å². The lowest BCUT2D eigenvalue weighted by atomic mass is 10.1. The minimum Gasteiger partial charge on any atom is -0.454 e. The van der Waals surface area contributed by atoms with Gasteiger partial charge in [-0.3, -0.25) is 10.1 Å². The van der Waals surface area contributed by atoms with Crippen LogP contribution in [-0.4, -0.2) is 42.6 Å². The summed E-state index contributed by atoms with van der Waals surface area (Å²) in [5, 5.41) is 13.7. The van der Waals surface area contributed by atoms with Gasteiger partial charge in [-0.2, -0.15) is 5.10 Å². The van der Waals surface area contributed by atoms with Crippen LogP contribution in [0.25, 0.3) is 0 Å². The van der Waals surface area contributed by atoms with Crippen molar-refractivity contribution in [1.82, 2.24) is 20.8 Å². The zero-order chi connectivity index (χ0) is 18.2. The number of H-pyrrole nitrogens is 1. The van der Waals surface area contributed by atoms with Gasteiger partial charge >= 0.3 is 0 Å². The van der Waals surface area contributed by atoms with E-state index in [1.807, 2.05) is 25.3 Å². The Hall–Kier alpha value is -1.97.